The van der Waals surface area contributed by atoms with Crippen LogP contribution in [0.2, 0.25) is 0 Å². The predicted octanol–water partition coefficient (Wildman–Crippen LogP) is 3.82. The highest BCUT2D eigenvalue weighted by Crippen LogP contribution is 2.29. The molecule has 3 aromatic heterocycles. The monoisotopic (exact) mass is 368 g/mol. The van der Waals surface area contributed by atoms with E-state index < -0.39 is 0 Å². The van der Waals surface area contributed by atoms with Crippen LogP contribution in [0.3, 0.4) is 0 Å². The molecule has 0 atom stereocenters. The third kappa shape index (κ3) is 3.03. The van der Waals surface area contributed by atoms with Crippen LogP contribution in [0.25, 0.3) is 11.5 Å². The van der Waals surface area contributed by atoms with Crippen molar-refractivity contribution in [3.63, 3.8) is 0 Å². The summed E-state index contributed by atoms with van der Waals surface area (Å²) in [6.07, 6.45) is 4.12. The Morgan fingerprint density at radius 2 is 2.19 bits per heavy atom. The fourth-order valence-electron chi connectivity index (χ4n) is 2.99. The van der Waals surface area contributed by atoms with Crippen molar-refractivity contribution in [2.75, 3.05) is 6.54 Å². The van der Waals surface area contributed by atoms with Gasteiger partial charge in [-0.15, -0.1) is 11.3 Å². The lowest BCUT2D eigenvalue weighted by atomic mass is 10.1. The van der Waals surface area contributed by atoms with Gasteiger partial charge in [0.1, 0.15) is 16.3 Å². The molecular weight excluding hydrogens is 348 g/mol. The van der Waals surface area contributed by atoms with Crippen molar-refractivity contribution < 1.29 is 9.21 Å². The predicted molar refractivity (Wildman–Crippen MR) is 99.1 cm³/mol. The quantitative estimate of drug-likeness (QED) is 0.703. The highest BCUT2D eigenvalue weighted by molar-refractivity contribution is 7.13. The van der Waals surface area contributed by atoms with Crippen LogP contribution in [-0.4, -0.2) is 32.3 Å². The fourth-order valence-corrected chi connectivity index (χ4v) is 4.03. The highest BCUT2D eigenvalue weighted by atomic mass is 32.1. The van der Waals surface area contributed by atoms with Crippen molar-refractivity contribution in [3.8, 4) is 11.5 Å². The van der Waals surface area contributed by atoms with Crippen LogP contribution in [0, 0.1) is 6.92 Å². The molecule has 6 nitrogen and oxygen atoms in total. The summed E-state index contributed by atoms with van der Waals surface area (Å²) in [7, 11) is 0. The normalized spacial score (nSPS) is 13.9. The number of thiazole rings is 1. The first-order valence-corrected chi connectivity index (χ1v) is 9.50. The summed E-state index contributed by atoms with van der Waals surface area (Å²) < 4.78 is 5.89. The Morgan fingerprint density at radius 3 is 2.88 bits per heavy atom. The Kier molecular flexibility index (Phi) is 4.32. The van der Waals surface area contributed by atoms with Gasteiger partial charge in [-0.05, 0) is 19.1 Å². The lowest BCUT2D eigenvalue weighted by Gasteiger charge is -2.24. The lowest BCUT2D eigenvalue weighted by molar-refractivity contribution is 0.0732. The van der Waals surface area contributed by atoms with Crippen LogP contribution < -0.4 is 0 Å². The minimum atomic E-state index is 0.0310. The maximum Gasteiger partial charge on any atom is 0.266 e. The molecule has 1 aliphatic rings. The summed E-state index contributed by atoms with van der Waals surface area (Å²) in [5, 5.41) is 1.00. The number of amides is 1. The van der Waals surface area contributed by atoms with E-state index in [2.05, 4.69) is 28.8 Å². The average Bonchev–Trinajstić information content (AvgIpc) is 3.25. The van der Waals surface area contributed by atoms with E-state index >= 15 is 0 Å². The van der Waals surface area contributed by atoms with Gasteiger partial charge in [-0.1, -0.05) is 13.8 Å². The Labute approximate surface area is 155 Å². The maximum atomic E-state index is 13.0. The number of carbonyl (C=O) groups is 1. The smallest absolute Gasteiger partial charge is 0.266 e. The van der Waals surface area contributed by atoms with E-state index in [4.69, 9.17) is 4.42 Å². The zero-order valence-corrected chi connectivity index (χ0v) is 15.8. The number of rotatable bonds is 3. The van der Waals surface area contributed by atoms with Crippen molar-refractivity contribution in [2.45, 2.75) is 39.7 Å². The molecule has 0 saturated heterocycles. The van der Waals surface area contributed by atoms with Crippen LogP contribution in [0.15, 0.2) is 28.9 Å². The van der Waals surface area contributed by atoms with Crippen LogP contribution >= 0.6 is 11.3 Å². The first-order chi connectivity index (χ1) is 12.5. The van der Waals surface area contributed by atoms with E-state index in [1.54, 1.807) is 12.4 Å². The topological polar surface area (TPSA) is 72.1 Å². The molecular formula is C19H20N4O2S. The van der Waals surface area contributed by atoms with E-state index in [9.17, 15) is 4.79 Å². The van der Waals surface area contributed by atoms with Crippen molar-refractivity contribution in [2.24, 2.45) is 0 Å². The molecule has 3 aromatic rings. The summed E-state index contributed by atoms with van der Waals surface area (Å²) >= 11 is 1.50. The van der Waals surface area contributed by atoms with Gasteiger partial charge in [-0.3, -0.25) is 9.78 Å². The molecule has 0 radical (unpaired) electrons. The molecule has 4 heterocycles. The molecule has 0 spiro atoms. The number of hydrogen-bond donors (Lipinski definition) is 0. The van der Waals surface area contributed by atoms with Crippen molar-refractivity contribution in [3.05, 3.63) is 51.6 Å². The van der Waals surface area contributed by atoms with Gasteiger partial charge in [0.25, 0.3) is 5.91 Å². The SMILES string of the molecule is Cc1nc(C(C)C)sc1C(=O)N1CCc2oc(-c3cccnc3)nc2C1. The summed E-state index contributed by atoms with van der Waals surface area (Å²) in [5.74, 6) is 1.78. The van der Waals surface area contributed by atoms with Crippen LogP contribution in [-0.2, 0) is 13.0 Å². The molecule has 1 aliphatic heterocycles. The first kappa shape index (κ1) is 16.9. The van der Waals surface area contributed by atoms with Gasteiger partial charge in [0.15, 0.2) is 0 Å². The number of aryl methyl sites for hydroxylation is 1. The highest BCUT2D eigenvalue weighted by Gasteiger charge is 2.29. The number of carbonyl (C=O) groups excluding carboxylic acids is 1. The molecule has 0 unspecified atom stereocenters. The van der Waals surface area contributed by atoms with Gasteiger partial charge in [0, 0.05) is 31.3 Å². The van der Waals surface area contributed by atoms with Crippen molar-refractivity contribution >= 4 is 17.2 Å². The lowest BCUT2D eigenvalue weighted by Crippen LogP contribution is -2.35. The van der Waals surface area contributed by atoms with E-state index in [0.717, 1.165) is 32.6 Å². The maximum absolute atomic E-state index is 13.0. The van der Waals surface area contributed by atoms with Gasteiger partial charge in [0.05, 0.1) is 22.8 Å². The van der Waals surface area contributed by atoms with Gasteiger partial charge < -0.3 is 9.32 Å². The average molecular weight is 368 g/mol. The zero-order valence-electron chi connectivity index (χ0n) is 15.0. The third-order valence-corrected chi connectivity index (χ3v) is 5.87. The Balaban J connectivity index is 1.57. The van der Waals surface area contributed by atoms with E-state index in [-0.39, 0.29) is 5.91 Å². The minimum Gasteiger partial charge on any atom is -0.441 e. The fraction of sp³-hybridized carbons (Fsp3) is 0.368. The Morgan fingerprint density at radius 1 is 1.35 bits per heavy atom. The molecule has 4 rings (SSSR count). The summed E-state index contributed by atoms with van der Waals surface area (Å²) in [5.41, 5.74) is 2.49. The van der Waals surface area contributed by atoms with E-state index in [1.165, 1.54) is 11.3 Å². The number of nitrogens with zero attached hydrogens (tertiary/aromatic N) is 4. The summed E-state index contributed by atoms with van der Waals surface area (Å²) in [6.45, 7) is 7.18. The molecule has 0 aromatic carbocycles. The van der Waals surface area contributed by atoms with Crippen molar-refractivity contribution in [1.82, 2.24) is 19.9 Å². The number of hydrogen-bond acceptors (Lipinski definition) is 6. The second-order valence-corrected chi connectivity index (χ2v) is 7.76. The van der Waals surface area contributed by atoms with Crippen LogP contribution in [0.1, 0.15) is 51.6 Å². The van der Waals surface area contributed by atoms with Crippen molar-refractivity contribution in [1.29, 1.82) is 0 Å². The van der Waals surface area contributed by atoms with Gasteiger partial charge in [-0.2, -0.15) is 0 Å². The molecule has 1 amide bonds. The number of fused-ring (bicyclic) bond motifs is 1. The largest absolute Gasteiger partial charge is 0.441 e. The van der Waals surface area contributed by atoms with Gasteiger partial charge in [0.2, 0.25) is 5.89 Å². The van der Waals surface area contributed by atoms with Crippen LogP contribution in [0.4, 0.5) is 0 Å². The number of aromatic nitrogens is 3. The summed E-state index contributed by atoms with van der Waals surface area (Å²) in [6, 6.07) is 3.77. The first-order valence-electron chi connectivity index (χ1n) is 8.68. The van der Waals surface area contributed by atoms with E-state index in [0.29, 0.717) is 31.3 Å². The molecule has 134 valence electrons. The number of pyridine rings is 1. The Bertz CT molecular complexity index is 946. The van der Waals surface area contributed by atoms with Crippen LogP contribution in [0.5, 0.6) is 0 Å². The summed E-state index contributed by atoms with van der Waals surface area (Å²) in [4.78, 5) is 28.8. The minimum absolute atomic E-state index is 0.0310. The molecule has 0 bridgehead atoms. The standard InChI is InChI=1S/C19H20N4O2S/c1-11(2)18-21-12(3)16(26-18)19(24)23-8-6-15-14(10-23)22-17(25-15)13-5-4-7-20-9-13/h4-5,7,9,11H,6,8,10H2,1-3H3. The number of oxazole rings is 1. The molecule has 0 fully saturated rings. The van der Waals surface area contributed by atoms with Gasteiger partial charge in [-0.25, -0.2) is 9.97 Å². The molecule has 0 saturated carbocycles. The molecule has 0 aliphatic carbocycles. The zero-order chi connectivity index (χ0) is 18.3. The van der Waals surface area contributed by atoms with E-state index in [1.807, 2.05) is 24.0 Å². The molecule has 26 heavy (non-hydrogen) atoms. The molecule has 0 N–H and O–H groups in total. The molecule has 7 heteroatoms. The second-order valence-electron chi connectivity index (χ2n) is 6.73. The Hall–Kier alpha value is -2.54. The van der Waals surface area contributed by atoms with Gasteiger partial charge >= 0.3 is 0 Å². The second kappa shape index (κ2) is 6.64. The third-order valence-electron chi connectivity index (χ3n) is 4.42.